The van der Waals surface area contributed by atoms with Gasteiger partial charge in [0.1, 0.15) is 0 Å². The molecule has 7 nitrogen and oxygen atoms in total. The van der Waals surface area contributed by atoms with Gasteiger partial charge in [-0.3, -0.25) is 14.2 Å². The number of carbonyl (C=O) groups is 1. The Labute approximate surface area is 173 Å². The van der Waals surface area contributed by atoms with Crippen molar-refractivity contribution >= 4 is 17.3 Å². The SMILES string of the molecule is Cc1cc2n(c1)CCN(C(=O)c1cnc3c(c1)C(c1cnc4nccn4c1)=CC3)C2. The predicted octanol–water partition coefficient (Wildman–Crippen LogP) is 2.88. The summed E-state index contributed by atoms with van der Waals surface area (Å²) in [6.45, 7) is 4.26. The molecule has 30 heavy (non-hydrogen) atoms. The predicted molar refractivity (Wildman–Crippen MR) is 112 cm³/mol. The van der Waals surface area contributed by atoms with Crippen molar-refractivity contribution in [3.8, 4) is 0 Å². The van der Waals surface area contributed by atoms with Crippen molar-refractivity contribution in [1.29, 1.82) is 0 Å². The van der Waals surface area contributed by atoms with Gasteiger partial charge in [-0.1, -0.05) is 6.08 Å². The van der Waals surface area contributed by atoms with Gasteiger partial charge in [-0.2, -0.15) is 0 Å². The minimum atomic E-state index is 0.0323. The normalized spacial score (nSPS) is 15.2. The standard InChI is InChI=1S/C23H20N6O/c1-15-8-18-14-28(7-6-27(18)12-15)22(30)16-9-20-19(2-3-21(20)25-10-16)17-11-26-23-24-4-5-29(23)13-17/h2,4-5,8-13H,3,6-7,14H2,1H3. The summed E-state index contributed by atoms with van der Waals surface area (Å²) in [4.78, 5) is 28.4. The molecule has 0 bridgehead atoms. The van der Waals surface area contributed by atoms with Gasteiger partial charge in [0, 0.05) is 73.5 Å². The zero-order valence-corrected chi connectivity index (χ0v) is 16.6. The van der Waals surface area contributed by atoms with Crippen molar-refractivity contribution in [2.45, 2.75) is 26.4 Å². The molecule has 0 unspecified atom stereocenters. The van der Waals surface area contributed by atoms with Crippen LogP contribution in [0.4, 0.5) is 0 Å². The van der Waals surface area contributed by atoms with Crippen molar-refractivity contribution < 1.29 is 4.79 Å². The first-order valence-electron chi connectivity index (χ1n) is 10.1. The lowest BCUT2D eigenvalue weighted by Crippen LogP contribution is -2.38. The van der Waals surface area contributed by atoms with E-state index in [0.29, 0.717) is 24.4 Å². The van der Waals surface area contributed by atoms with E-state index >= 15 is 0 Å². The summed E-state index contributed by atoms with van der Waals surface area (Å²) in [6.07, 6.45) is 14.3. The van der Waals surface area contributed by atoms with E-state index in [1.165, 1.54) is 11.3 Å². The molecule has 0 saturated heterocycles. The first kappa shape index (κ1) is 17.1. The summed E-state index contributed by atoms with van der Waals surface area (Å²) in [5, 5.41) is 0. The van der Waals surface area contributed by atoms with Crippen LogP contribution in [0, 0.1) is 6.92 Å². The molecule has 0 atom stereocenters. The number of rotatable bonds is 2. The maximum atomic E-state index is 13.2. The zero-order valence-electron chi connectivity index (χ0n) is 16.6. The third kappa shape index (κ3) is 2.66. The van der Waals surface area contributed by atoms with E-state index in [4.69, 9.17) is 0 Å². The van der Waals surface area contributed by atoms with Crippen molar-refractivity contribution in [1.82, 2.24) is 28.8 Å². The Morgan fingerprint density at radius 2 is 2.00 bits per heavy atom. The summed E-state index contributed by atoms with van der Waals surface area (Å²) in [5.41, 5.74) is 7.12. The lowest BCUT2D eigenvalue weighted by molar-refractivity contribution is 0.0710. The average Bonchev–Trinajstić information content (AvgIpc) is 3.48. The lowest BCUT2D eigenvalue weighted by Gasteiger charge is -2.28. The fourth-order valence-corrected chi connectivity index (χ4v) is 4.46. The molecule has 0 aromatic carbocycles. The van der Waals surface area contributed by atoms with Crippen molar-refractivity contribution in [3.05, 3.63) is 89.0 Å². The number of allylic oxidation sites excluding steroid dienone is 1. The number of nitrogens with zero attached hydrogens (tertiary/aromatic N) is 6. The maximum Gasteiger partial charge on any atom is 0.255 e. The van der Waals surface area contributed by atoms with Crippen LogP contribution in [0.2, 0.25) is 0 Å². The number of aromatic nitrogens is 5. The molecule has 1 amide bonds. The Hall–Kier alpha value is -3.74. The molecule has 148 valence electrons. The number of aryl methyl sites for hydroxylation is 1. The Kier molecular flexibility index (Phi) is 3.65. The largest absolute Gasteiger partial charge is 0.348 e. The van der Waals surface area contributed by atoms with Gasteiger partial charge in [0.2, 0.25) is 5.78 Å². The molecule has 0 radical (unpaired) electrons. The highest BCUT2D eigenvalue weighted by atomic mass is 16.2. The first-order valence-corrected chi connectivity index (χ1v) is 10.1. The van der Waals surface area contributed by atoms with Gasteiger partial charge >= 0.3 is 0 Å². The number of hydrogen-bond donors (Lipinski definition) is 0. The van der Waals surface area contributed by atoms with Gasteiger partial charge in [-0.25, -0.2) is 9.97 Å². The van der Waals surface area contributed by atoms with Crippen molar-refractivity contribution in [2.75, 3.05) is 6.54 Å². The molecule has 1 aliphatic carbocycles. The Morgan fingerprint density at radius 3 is 2.93 bits per heavy atom. The Morgan fingerprint density at radius 1 is 1.07 bits per heavy atom. The average molecular weight is 396 g/mol. The molecule has 4 aromatic heterocycles. The fourth-order valence-electron chi connectivity index (χ4n) is 4.46. The quantitative estimate of drug-likeness (QED) is 0.523. The number of pyridine rings is 1. The second kappa shape index (κ2) is 6.38. The molecule has 7 heteroatoms. The van der Waals surface area contributed by atoms with Crippen LogP contribution in [-0.4, -0.2) is 41.3 Å². The number of imidazole rings is 1. The summed E-state index contributed by atoms with van der Waals surface area (Å²) >= 11 is 0. The smallest absolute Gasteiger partial charge is 0.255 e. The van der Waals surface area contributed by atoms with Gasteiger partial charge in [0.25, 0.3) is 5.91 Å². The molecular formula is C23H20N6O. The molecule has 0 N–H and O–H groups in total. The number of hydrogen-bond acceptors (Lipinski definition) is 4. The van der Waals surface area contributed by atoms with Crippen molar-refractivity contribution in [3.63, 3.8) is 0 Å². The molecule has 2 aliphatic rings. The number of amides is 1. The van der Waals surface area contributed by atoms with E-state index in [1.54, 1.807) is 12.4 Å². The molecule has 0 saturated carbocycles. The summed E-state index contributed by atoms with van der Waals surface area (Å²) in [6, 6.07) is 4.14. The van der Waals surface area contributed by atoms with E-state index in [0.717, 1.165) is 35.4 Å². The van der Waals surface area contributed by atoms with Crippen LogP contribution in [0.15, 0.2) is 55.4 Å². The Bertz CT molecular complexity index is 1340. The highest BCUT2D eigenvalue weighted by Crippen LogP contribution is 2.32. The first-order chi connectivity index (χ1) is 14.7. The highest BCUT2D eigenvalue weighted by Gasteiger charge is 2.25. The monoisotopic (exact) mass is 396 g/mol. The minimum absolute atomic E-state index is 0.0323. The number of carbonyl (C=O) groups excluding carboxylic acids is 1. The van der Waals surface area contributed by atoms with E-state index in [9.17, 15) is 4.79 Å². The van der Waals surface area contributed by atoms with Gasteiger partial charge in [-0.15, -0.1) is 0 Å². The molecule has 0 fully saturated rings. The van der Waals surface area contributed by atoms with Crippen molar-refractivity contribution in [2.24, 2.45) is 0 Å². The van der Waals surface area contributed by atoms with Crippen LogP contribution < -0.4 is 0 Å². The van der Waals surface area contributed by atoms with Gasteiger partial charge in [0.05, 0.1) is 17.8 Å². The fraction of sp³-hybridized carbons (Fsp3) is 0.217. The molecular weight excluding hydrogens is 376 g/mol. The van der Waals surface area contributed by atoms with Gasteiger partial charge < -0.3 is 9.47 Å². The zero-order chi connectivity index (χ0) is 20.2. The number of fused-ring (bicyclic) bond motifs is 3. The van der Waals surface area contributed by atoms with Crippen LogP contribution in [-0.2, 0) is 19.5 Å². The molecule has 4 aromatic rings. The highest BCUT2D eigenvalue weighted by molar-refractivity contribution is 5.96. The third-order valence-electron chi connectivity index (χ3n) is 5.94. The third-order valence-corrected chi connectivity index (χ3v) is 5.94. The maximum absolute atomic E-state index is 13.2. The van der Waals surface area contributed by atoms with Crippen LogP contribution in [0.3, 0.4) is 0 Å². The van der Waals surface area contributed by atoms with E-state index < -0.39 is 0 Å². The van der Waals surface area contributed by atoms with Gasteiger partial charge in [-0.05, 0) is 30.2 Å². The summed E-state index contributed by atoms with van der Waals surface area (Å²) in [7, 11) is 0. The van der Waals surface area contributed by atoms with Crippen LogP contribution >= 0.6 is 0 Å². The van der Waals surface area contributed by atoms with E-state index in [1.807, 2.05) is 34.0 Å². The minimum Gasteiger partial charge on any atom is -0.348 e. The summed E-state index contributed by atoms with van der Waals surface area (Å²) in [5.74, 6) is 0.703. The lowest BCUT2D eigenvalue weighted by atomic mass is 10.0. The topological polar surface area (TPSA) is 68.3 Å². The molecule has 5 heterocycles. The molecule has 6 rings (SSSR count). The second-order valence-corrected chi connectivity index (χ2v) is 7.95. The van der Waals surface area contributed by atoms with E-state index in [-0.39, 0.29) is 5.91 Å². The molecule has 1 aliphatic heterocycles. The van der Waals surface area contributed by atoms with E-state index in [2.05, 4.69) is 44.8 Å². The van der Waals surface area contributed by atoms with Crippen LogP contribution in [0.1, 0.15) is 38.4 Å². The molecule has 0 spiro atoms. The summed E-state index contributed by atoms with van der Waals surface area (Å²) < 4.78 is 4.14. The van der Waals surface area contributed by atoms with Crippen LogP contribution in [0.25, 0.3) is 11.4 Å². The Balaban J connectivity index is 1.32. The second-order valence-electron chi connectivity index (χ2n) is 7.95. The van der Waals surface area contributed by atoms with Gasteiger partial charge in [0.15, 0.2) is 0 Å². The van der Waals surface area contributed by atoms with Crippen LogP contribution in [0.5, 0.6) is 0 Å².